The number of aliphatic hydroxyl groups is 2. The van der Waals surface area contributed by atoms with E-state index < -0.39 is 6.29 Å². The van der Waals surface area contributed by atoms with E-state index in [9.17, 15) is 0 Å². The molecule has 0 fully saturated rings. The highest BCUT2D eigenvalue weighted by Gasteiger charge is 1.97. The molecule has 0 saturated carbocycles. The summed E-state index contributed by atoms with van der Waals surface area (Å²) in [5.41, 5.74) is 0. The molecule has 0 saturated heterocycles. The van der Waals surface area contributed by atoms with E-state index in [4.69, 9.17) is 10.2 Å². The highest BCUT2D eigenvalue weighted by atomic mass is 16.6. The monoisotopic (exact) mass is 119 g/mol. The van der Waals surface area contributed by atoms with Crippen molar-refractivity contribution >= 4 is 0 Å². The van der Waals surface area contributed by atoms with E-state index in [-0.39, 0.29) is 6.61 Å². The Morgan fingerprint density at radius 3 is 2.62 bits per heavy atom. The summed E-state index contributed by atoms with van der Waals surface area (Å²) in [7, 11) is 0. The van der Waals surface area contributed by atoms with Crippen molar-refractivity contribution in [2.45, 2.75) is 12.7 Å². The Kier molecular flexibility index (Phi) is 4.95. The van der Waals surface area contributed by atoms with Crippen molar-refractivity contribution in [2.75, 3.05) is 13.2 Å². The van der Waals surface area contributed by atoms with Gasteiger partial charge in [0.25, 0.3) is 0 Å². The smallest absolute Gasteiger partial charge is 0.177 e. The summed E-state index contributed by atoms with van der Waals surface area (Å²) < 4.78 is 4.58. The predicted molar refractivity (Wildman–Crippen MR) is 29.0 cm³/mol. The van der Waals surface area contributed by atoms with Crippen LogP contribution in [-0.2, 0) is 4.74 Å². The molecule has 0 aromatic carbocycles. The second-order valence-corrected chi connectivity index (χ2v) is 1.36. The number of ether oxygens (including phenoxy) is 1. The molecule has 0 rings (SSSR count). The largest absolute Gasteiger partial charge is 0.391 e. The summed E-state index contributed by atoms with van der Waals surface area (Å²) in [5.74, 6) is 0. The molecule has 1 unspecified atom stereocenters. The lowest BCUT2D eigenvalue weighted by Gasteiger charge is -2.05. The minimum atomic E-state index is -1.03. The Morgan fingerprint density at radius 1 is 1.62 bits per heavy atom. The summed E-state index contributed by atoms with van der Waals surface area (Å²) in [5, 5.41) is 16.7. The minimum Gasteiger partial charge on any atom is -0.391 e. The molecule has 3 nitrogen and oxygen atoms in total. The van der Waals surface area contributed by atoms with Crippen molar-refractivity contribution in [3.63, 3.8) is 0 Å². The van der Waals surface area contributed by atoms with Gasteiger partial charge in [0.1, 0.15) is 0 Å². The zero-order valence-electron chi connectivity index (χ0n) is 4.71. The fourth-order valence-electron chi connectivity index (χ4n) is 0.272. The molecule has 0 aliphatic carbocycles. The molecule has 2 N–H and O–H groups in total. The van der Waals surface area contributed by atoms with Crippen LogP contribution in [0, 0.1) is 6.92 Å². The third kappa shape index (κ3) is 4.05. The van der Waals surface area contributed by atoms with Gasteiger partial charge in [0.05, 0.1) is 6.61 Å². The molecule has 1 atom stereocenters. The van der Waals surface area contributed by atoms with E-state index in [1.807, 2.05) is 0 Å². The standard InChI is InChI=1S/C5H11O3/c1-2-3-8-5(7)4-6/h5-7H,1-4H2. The molecule has 49 valence electrons. The van der Waals surface area contributed by atoms with Crippen LogP contribution in [-0.4, -0.2) is 29.7 Å². The second-order valence-electron chi connectivity index (χ2n) is 1.36. The van der Waals surface area contributed by atoms with Crippen LogP contribution in [0.4, 0.5) is 0 Å². The summed E-state index contributed by atoms with van der Waals surface area (Å²) in [4.78, 5) is 0. The number of aliphatic hydroxyl groups excluding tert-OH is 2. The van der Waals surface area contributed by atoms with Crippen LogP contribution in [0.1, 0.15) is 6.42 Å². The van der Waals surface area contributed by atoms with Crippen LogP contribution in [0.2, 0.25) is 0 Å². The van der Waals surface area contributed by atoms with Crippen LogP contribution in [0.3, 0.4) is 0 Å². The van der Waals surface area contributed by atoms with Crippen LogP contribution >= 0.6 is 0 Å². The first-order chi connectivity index (χ1) is 3.81. The lowest BCUT2D eigenvalue weighted by atomic mass is 10.5. The van der Waals surface area contributed by atoms with E-state index in [1.165, 1.54) is 0 Å². The van der Waals surface area contributed by atoms with Gasteiger partial charge in [-0.2, -0.15) is 0 Å². The second kappa shape index (κ2) is 5.03. The quantitative estimate of drug-likeness (QED) is 0.492. The molecular weight excluding hydrogens is 108 g/mol. The topological polar surface area (TPSA) is 49.7 Å². The van der Waals surface area contributed by atoms with Gasteiger partial charge in [0.2, 0.25) is 0 Å². The first-order valence-electron chi connectivity index (χ1n) is 2.51. The average molecular weight is 119 g/mol. The van der Waals surface area contributed by atoms with Crippen molar-refractivity contribution in [3.05, 3.63) is 6.92 Å². The molecule has 0 bridgehead atoms. The van der Waals surface area contributed by atoms with Crippen LogP contribution in [0.15, 0.2) is 0 Å². The van der Waals surface area contributed by atoms with Crippen molar-refractivity contribution < 1.29 is 14.9 Å². The molecule has 0 aromatic rings. The van der Waals surface area contributed by atoms with E-state index in [0.717, 1.165) is 0 Å². The number of hydrogen-bond donors (Lipinski definition) is 2. The van der Waals surface area contributed by atoms with Gasteiger partial charge in [0, 0.05) is 6.61 Å². The first-order valence-corrected chi connectivity index (χ1v) is 2.51. The van der Waals surface area contributed by atoms with E-state index in [1.54, 1.807) is 0 Å². The third-order valence-electron chi connectivity index (χ3n) is 0.611. The average Bonchev–Trinajstić information content (AvgIpc) is 1.83. The first kappa shape index (κ1) is 7.88. The summed E-state index contributed by atoms with van der Waals surface area (Å²) in [6, 6.07) is 0. The summed E-state index contributed by atoms with van der Waals surface area (Å²) in [6.07, 6.45) is -0.423. The van der Waals surface area contributed by atoms with Gasteiger partial charge in [-0.25, -0.2) is 0 Å². The maximum absolute atomic E-state index is 8.49. The Labute approximate surface area is 48.9 Å². The maximum atomic E-state index is 8.49. The number of rotatable bonds is 4. The lowest BCUT2D eigenvalue weighted by Crippen LogP contribution is -2.16. The van der Waals surface area contributed by atoms with Gasteiger partial charge in [-0.1, -0.05) is 6.92 Å². The normalized spacial score (nSPS) is 13.9. The molecule has 0 spiro atoms. The van der Waals surface area contributed by atoms with E-state index in [2.05, 4.69) is 11.7 Å². The van der Waals surface area contributed by atoms with Gasteiger partial charge < -0.3 is 14.9 Å². The van der Waals surface area contributed by atoms with Crippen LogP contribution in [0.5, 0.6) is 0 Å². The Hall–Kier alpha value is -0.120. The Morgan fingerprint density at radius 2 is 2.25 bits per heavy atom. The van der Waals surface area contributed by atoms with Gasteiger partial charge in [-0.3, -0.25) is 0 Å². The molecule has 0 aliphatic heterocycles. The molecule has 3 heteroatoms. The van der Waals surface area contributed by atoms with E-state index >= 15 is 0 Å². The molecular formula is C5H11O3. The molecule has 1 radical (unpaired) electrons. The Balaban J connectivity index is 2.86. The van der Waals surface area contributed by atoms with Crippen LogP contribution < -0.4 is 0 Å². The Bertz CT molecular complexity index is 46.9. The minimum absolute atomic E-state index is 0.347. The van der Waals surface area contributed by atoms with Crippen molar-refractivity contribution in [3.8, 4) is 0 Å². The zero-order chi connectivity index (χ0) is 6.41. The zero-order valence-corrected chi connectivity index (χ0v) is 4.71. The van der Waals surface area contributed by atoms with Crippen molar-refractivity contribution in [1.82, 2.24) is 0 Å². The molecule has 0 aromatic heterocycles. The van der Waals surface area contributed by atoms with Crippen molar-refractivity contribution in [2.24, 2.45) is 0 Å². The highest BCUT2D eigenvalue weighted by molar-refractivity contribution is 4.38. The van der Waals surface area contributed by atoms with Gasteiger partial charge in [-0.05, 0) is 6.42 Å². The molecule has 0 amide bonds. The fraction of sp³-hybridized carbons (Fsp3) is 0.800. The fourth-order valence-corrected chi connectivity index (χ4v) is 0.272. The maximum Gasteiger partial charge on any atom is 0.177 e. The molecule has 8 heavy (non-hydrogen) atoms. The molecule has 0 aliphatic rings. The third-order valence-corrected chi connectivity index (χ3v) is 0.611. The van der Waals surface area contributed by atoms with Gasteiger partial charge in [-0.15, -0.1) is 0 Å². The molecule has 0 heterocycles. The number of hydrogen-bond acceptors (Lipinski definition) is 3. The van der Waals surface area contributed by atoms with Crippen molar-refractivity contribution in [1.29, 1.82) is 0 Å². The SMILES string of the molecule is [CH2]CCOC(O)CO. The van der Waals surface area contributed by atoms with E-state index in [0.29, 0.717) is 13.0 Å². The van der Waals surface area contributed by atoms with Crippen LogP contribution in [0.25, 0.3) is 0 Å². The lowest BCUT2D eigenvalue weighted by molar-refractivity contribution is -0.123. The summed E-state index contributed by atoms with van der Waals surface area (Å²) in [6.45, 7) is 3.52. The highest BCUT2D eigenvalue weighted by Crippen LogP contribution is 1.85. The predicted octanol–water partition coefficient (Wildman–Crippen LogP) is -0.462. The summed E-state index contributed by atoms with van der Waals surface area (Å²) >= 11 is 0. The van der Waals surface area contributed by atoms with Gasteiger partial charge in [0.15, 0.2) is 6.29 Å². The van der Waals surface area contributed by atoms with Gasteiger partial charge >= 0.3 is 0 Å².